The van der Waals surface area contributed by atoms with Crippen LogP contribution in [-0.2, 0) is 9.53 Å². The van der Waals surface area contributed by atoms with E-state index in [9.17, 15) is 15.0 Å². The summed E-state index contributed by atoms with van der Waals surface area (Å²) in [6.45, 7) is 0. The molecule has 0 fully saturated rings. The summed E-state index contributed by atoms with van der Waals surface area (Å²) in [4.78, 5) is 14.8. The highest BCUT2D eigenvalue weighted by atomic mass is 16.5. The van der Waals surface area contributed by atoms with E-state index in [2.05, 4.69) is 9.72 Å². The minimum Gasteiger partial charge on any atom is -0.495 e. The number of pyridine rings is 1. The lowest BCUT2D eigenvalue weighted by atomic mass is 10.1. The number of rotatable bonds is 5. The summed E-state index contributed by atoms with van der Waals surface area (Å²) in [6.07, 6.45) is -1.35. The molecule has 0 amide bonds. The number of methoxy groups -OCH3 is 2. The van der Waals surface area contributed by atoms with E-state index in [4.69, 9.17) is 4.74 Å². The van der Waals surface area contributed by atoms with Crippen molar-refractivity contribution in [3.63, 3.8) is 0 Å². The molecule has 1 aromatic heterocycles. The number of aromatic nitrogens is 1. The number of ether oxygens (including phenoxy) is 2. The predicted octanol–water partition coefficient (Wildman–Crippen LogP) is 0.0476. The lowest BCUT2D eigenvalue weighted by Gasteiger charge is -2.16. The van der Waals surface area contributed by atoms with Gasteiger partial charge in [-0.05, 0) is 12.1 Å². The van der Waals surface area contributed by atoms with Gasteiger partial charge in [-0.25, -0.2) is 0 Å². The number of nitrogens with zero attached hydrogens (tertiary/aromatic N) is 1. The Bertz CT molecular complexity index is 365. The van der Waals surface area contributed by atoms with E-state index in [1.165, 1.54) is 26.5 Å². The summed E-state index contributed by atoms with van der Waals surface area (Å²) >= 11 is 0. The second-order valence-corrected chi connectivity index (χ2v) is 3.42. The van der Waals surface area contributed by atoms with Gasteiger partial charge in [-0.15, -0.1) is 0 Å². The van der Waals surface area contributed by atoms with Crippen molar-refractivity contribution in [1.29, 1.82) is 0 Å². The minimum absolute atomic E-state index is 0.266. The molecule has 6 nitrogen and oxygen atoms in total. The Hall–Kier alpha value is -1.66. The van der Waals surface area contributed by atoms with E-state index in [0.717, 1.165) is 0 Å². The molecule has 94 valence electrons. The van der Waals surface area contributed by atoms with Crippen LogP contribution in [0, 0.1) is 0 Å². The molecule has 0 aliphatic carbocycles. The van der Waals surface area contributed by atoms with Crippen molar-refractivity contribution < 1.29 is 24.5 Å². The molecule has 0 aliphatic rings. The molecular weight excluding hydrogens is 226 g/mol. The first-order valence-corrected chi connectivity index (χ1v) is 5.01. The first-order valence-electron chi connectivity index (χ1n) is 5.01. The van der Waals surface area contributed by atoms with E-state index in [1.54, 1.807) is 6.07 Å². The van der Waals surface area contributed by atoms with Crippen LogP contribution in [0.1, 0.15) is 18.2 Å². The van der Waals surface area contributed by atoms with Crippen LogP contribution in [0.2, 0.25) is 0 Å². The Kier molecular flexibility index (Phi) is 4.86. The molecule has 2 atom stereocenters. The molecule has 0 bridgehead atoms. The van der Waals surface area contributed by atoms with Crippen LogP contribution in [0.15, 0.2) is 18.3 Å². The third kappa shape index (κ3) is 3.69. The van der Waals surface area contributed by atoms with Crippen LogP contribution in [-0.4, -0.2) is 41.5 Å². The van der Waals surface area contributed by atoms with Gasteiger partial charge in [-0.2, -0.15) is 0 Å². The quantitative estimate of drug-likeness (QED) is 0.708. The molecular formula is C11H15NO5. The Labute approximate surface area is 98.8 Å². The summed E-state index contributed by atoms with van der Waals surface area (Å²) in [5.74, 6) is -0.0477. The van der Waals surface area contributed by atoms with Crippen molar-refractivity contribution in [2.24, 2.45) is 0 Å². The van der Waals surface area contributed by atoms with E-state index in [1.807, 2.05) is 0 Å². The molecule has 0 saturated carbocycles. The van der Waals surface area contributed by atoms with Crippen LogP contribution in [0.25, 0.3) is 0 Å². The number of aliphatic hydroxyl groups is 2. The van der Waals surface area contributed by atoms with Crippen molar-refractivity contribution in [3.8, 4) is 5.75 Å². The van der Waals surface area contributed by atoms with Gasteiger partial charge in [0.2, 0.25) is 0 Å². The summed E-state index contributed by atoms with van der Waals surface area (Å²) in [7, 11) is 2.71. The second kappa shape index (κ2) is 6.17. The number of carbonyl (C=O) groups is 1. The standard InChI is InChI=1S/C11H15NO5/c1-16-7-3-4-8(12-6-7)11(15)9(13)5-10(14)17-2/h3-4,6,9,11,13,15H,5H2,1-2H3. The zero-order valence-corrected chi connectivity index (χ0v) is 9.66. The Morgan fingerprint density at radius 3 is 2.59 bits per heavy atom. The van der Waals surface area contributed by atoms with Gasteiger partial charge >= 0.3 is 5.97 Å². The smallest absolute Gasteiger partial charge is 0.308 e. The van der Waals surface area contributed by atoms with Gasteiger partial charge < -0.3 is 19.7 Å². The molecule has 0 aliphatic heterocycles. The largest absolute Gasteiger partial charge is 0.495 e. The highest BCUT2D eigenvalue weighted by Crippen LogP contribution is 2.19. The fourth-order valence-electron chi connectivity index (χ4n) is 1.25. The first kappa shape index (κ1) is 13.4. The van der Waals surface area contributed by atoms with Gasteiger partial charge in [-0.3, -0.25) is 9.78 Å². The molecule has 6 heteroatoms. The number of hydrogen-bond acceptors (Lipinski definition) is 6. The Balaban J connectivity index is 2.67. The zero-order valence-electron chi connectivity index (χ0n) is 9.66. The number of carbonyl (C=O) groups excluding carboxylic acids is 1. The van der Waals surface area contributed by atoms with Crippen molar-refractivity contribution in [3.05, 3.63) is 24.0 Å². The summed E-state index contributed by atoms with van der Waals surface area (Å²) < 4.78 is 9.30. The van der Waals surface area contributed by atoms with Crippen LogP contribution in [0.3, 0.4) is 0 Å². The van der Waals surface area contributed by atoms with Crippen LogP contribution >= 0.6 is 0 Å². The molecule has 0 saturated heterocycles. The molecule has 0 spiro atoms. The first-order chi connectivity index (χ1) is 8.08. The van der Waals surface area contributed by atoms with Crippen LogP contribution in [0.5, 0.6) is 5.75 Å². The molecule has 2 unspecified atom stereocenters. The minimum atomic E-state index is -1.25. The van der Waals surface area contributed by atoms with Crippen molar-refractivity contribution in [2.45, 2.75) is 18.6 Å². The summed E-state index contributed by atoms with van der Waals surface area (Å²) in [6, 6.07) is 3.13. The SMILES string of the molecule is COC(=O)CC(O)C(O)c1ccc(OC)cn1. The second-order valence-electron chi connectivity index (χ2n) is 3.42. The summed E-state index contributed by atoms with van der Waals surface area (Å²) in [5.41, 5.74) is 0.266. The molecule has 0 radical (unpaired) electrons. The fourth-order valence-corrected chi connectivity index (χ4v) is 1.25. The molecule has 1 rings (SSSR count). The third-order valence-corrected chi connectivity index (χ3v) is 2.27. The van der Waals surface area contributed by atoms with Crippen LogP contribution in [0.4, 0.5) is 0 Å². The van der Waals surface area contributed by atoms with E-state index < -0.39 is 18.2 Å². The highest BCUT2D eigenvalue weighted by Gasteiger charge is 2.22. The number of aliphatic hydroxyl groups excluding tert-OH is 2. The molecule has 2 N–H and O–H groups in total. The van der Waals surface area contributed by atoms with E-state index in [0.29, 0.717) is 5.75 Å². The van der Waals surface area contributed by atoms with Gasteiger partial charge in [0.25, 0.3) is 0 Å². The van der Waals surface area contributed by atoms with Gasteiger partial charge in [0.05, 0.1) is 38.6 Å². The topological polar surface area (TPSA) is 88.9 Å². The number of esters is 1. The van der Waals surface area contributed by atoms with Crippen LogP contribution < -0.4 is 4.74 Å². The maximum Gasteiger partial charge on any atom is 0.308 e. The molecule has 17 heavy (non-hydrogen) atoms. The zero-order chi connectivity index (χ0) is 12.8. The Morgan fingerprint density at radius 1 is 1.41 bits per heavy atom. The van der Waals surface area contributed by atoms with Gasteiger partial charge in [0.15, 0.2) is 0 Å². The highest BCUT2D eigenvalue weighted by molar-refractivity contribution is 5.69. The van der Waals surface area contributed by atoms with Gasteiger partial charge in [-0.1, -0.05) is 0 Å². The van der Waals surface area contributed by atoms with Crippen molar-refractivity contribution in [2.75, 3.05) is 14.2 Å². The normalized spacial score (nSPS) is 13.9. The van der Waals surface area contributed by atoms with Gasteiger partial charge in [0.1, 0.15) is 11.9 Å². The lowest BCUT2D eigenvalue weighted by molar-refractivity contribution is -0.144. The average Bonchev–Trinajstić information content (AvgIpc) is 2.37. The average molecular weight is 241 g/mol. The summed E-state index contributed by atoms with van der Waals surface area (Å²) in [5, 5.41) is 19.3. The number of hydrogen-bond donors (Lipinski definition) is 2. The van der Waals surface area contributed by atoms with Crippen molar-refractivity contribution >= 4 is 5.97 Å². The van der Waals surface area contributed by atoms with E-state index >= 15 is 0 Å². The third-order valence-electron chi connectivity index (χ3n) is 2.27. The predicted molar refractivity (Wildman–Crippen MR) is 58.4 cm³/mol. The maximum atomic E-state index is 10.9. The molecule has 1 heterocycles. The van der Waals surface area contributed by atoms with Gasteiger partial charge in [0, 0.05) is 0 Å². The van der Waals surface area contributed by atoms with Crippen molar-refractivity contribution in [1.82, 2.24) is 4.98 Å². The molecule has 1 aromatic rings. The maximum absolute atomic E-state index is 10.9. The monoisotopic (exact) mass is 241 g/mol. The fraction of sp³-hybridized carbons (Fsp3) is 0.455. The Morgan fingerprint density at radius 2 is 2.12 bits per heavy atom. The lowest BCUT2D eigenvalue weighted by Crippen LogP contribution is -2.23. The molecule has 0 aromatic carbocycles. The van der Waals surface area contributed by atoms with E-state index in [-0.39, 0.29) is 12.1 Å².